The number of hydrogen-bond acceptors (Lipinski definition) is 4. The van der Waals surface area contributed by atoms with E-state index >= 15 is 0 Å². The van der Waals surface area contributed by atoms with Gasteiger partial charge in [0.2, 0.25) is 0 Å². The van der Waals surface area contributed by atoms with E-state index < -0.39 is 0 Å². The van der Waals surface area contributed by atoms with Crippen molar-refractivity contribution in [2.45, 2.75) is 6.42 Å². The average Bonchev–Trinajstić information content (AvgIpc) is 3.25. The number of thiophene rings is 1. The SMILES string of the molecule is CN=C(NCCNC(=O)c1ccco1)N(C)CCc1cccs1. The molecule has 23 heavy (non-hydrogen) atoms. The van der Waals surface area contributed by atoms with E-state index in [4.69, 9.17) is 4.42 Å². The molecule has 0 fully saturated rings. The Morgan fingerprint density at radius 1 is 1.30 bits per heavy atom. The first kappa shape index (κ1) is 17.1. The van der Waals surface area contributed by atoms with Gasteiger partial charge in [-0.05, 0) is 30.0 Å². The first-order valence-corrected chi connectivity index (χ1v) is 8.34. The fourth-order valence-electron chi connectivity index (χ4n) is 2.07. The summed E-state index contributed by atoms with van der Waals surface area (Å²) in [4.78, 5) is 19.4. The number of carbonyl (C=O) groups is 1. The highest BCUT2D eigenvalue weighted by Crippen LogP contribution is 2.09. The highest BCUT2D eigenvalue weighted by atomic mass is 32.1. The molecule has 0 aromatic carbocycles. The summed E-state index contributed by atoms with van der Waals surface area (Å²) in [6, 6.07) is 7.53. The maximum absolute atomic E-state index is 11.7. The number of likely N-dealkylation sites (N-methyl/N-ethyl adjacent to an activating group) is 1. The number of hydrogen-bond donors (Lipinski definition) is 2. The smallest absolute Gasteiger partial charge is 0.287 e. The zero-order valence-corrected chi connectivity index (χ0v) is 14.2. The predicted octanol–water partition coefficient (Wildman–Crippen LogP) is 1.82. The predicted molar refractivity (Wildman–Crippen MR) is 93.1 cm³/mol. The third-order valence-corrected chi connectivity index (χ3v) is 4.22. The number of nitrogens with one attached hydrogen (secondary N) is 2. The molecule has 2 N–H and O–H groups in total. The van der Waals surface area contributed by atoms with Gasteiger partial charge in [0.05, 0.1) is 6.26 Å². The summed E-state index contributed by atoms with van der Waals surface area (Å²) < 4.78 is 5.04. The molecule has 0 aliphatic rings. The maximum Gasteiger partial charge on any atom is 0.287 e. The average molecular weight is 334 g/mol. The second-order valence-electron chi connectivity index (χ2n) is 4.96. The monoisotopic (exact) mass is 334 g/mol. The van der Waals surface area contributed by atoms with Crippen LogP contribution in [0, 0.1) is 0 Å². The van der Waals surface area contributed by atoms with Crippen LogP contribution in [-0.2, 0) is 6.42 Å². The lowest BCUT2D eigenvalue weighted by atomic mass is 10.3. The summed E-state index contributed by atoms with van der Waals surface area (Å²) in [6.07, 6.45) is 2.47. The lowest BCUT2D eigenvalue weighted by Gasteiger charge is -2.21. The van der Waals surface area contributed by atoms with E-state index in [2.05, 4.69) is 38.0 Å². The first-order valence-electron chi connectivity index (χ1n) is 7.46. The zero-order chi connectivity index (χ0) is 16.5. The molecule has 0 saturated carbocycles. The van der Waals surface area contributed by atoms with Gasteiger partial charge >= 0.3 is 0 Å². The van der Waals surface area contributed by atoms with Gasteiger partial charge in [-0.25, -0.2) is 0 Å². The molecular weight excluding hydrogens is 312 g/mol. The van der Waals surface area contributed by atoms with Crippen LogP contribution < -0.4 is 10.6 Å². The van der Waals surface area contributed by atoms with E-state index in [9.17, 15) is 4.79 Å². The zero-order valence-electron chi connectivity index (χ0n) is 13.4. The number of carbonyl (C=O) groups excluding carboxylic acids is 1. The molecule has 0 radical (unpaired) electrons. The summed E-state index contributed by atoms with van der Waals surface area (Å²) in [6.45, 7) is 1.98. The highest BCUT2D eigenvalue weighted by molar-refractivity contribution is 7.09. The molecule has 0 unspecified atom stereocenters. The molecule has 0 spiro atoms. The van der Waals surface area contributed by atoms with Crippen molar-refractivity contribution in [2.75, 3.05) is 33.7 Å². The molecule has 2 rings (SSSR count). The van der Waals surface area contributed by atoms with Crippen molar-refractivity contribution < 1.29 is 9.21 Å². The van der Waals surface area contributed by atoms with Crippen LogP contribution in [0.15, 0.2) is 45.3 Å². The third kappa shape index (κ3) is 5.45. The van der Waals surface area contributed by atoms with E-state index in [1.54, 1.807) is 30.5 Å². The van der Waals surface area contributed by atoms with Crippen molar-refractivity contribution in [1.82, 2.24) is 15.5 Å². The largest absolute Gasteiger partial charge is 0.459 e. The second-order valence-corrected chi connectivity index (χ2v) is 5.99. The molecule has 2 aromatic rings. The Morgan fingerprint density at radius 3 is 2.78 bits per heavy atom. The number of nitrogens with zero attached hydrogens (tertiary/aromatic N) is 2. The Labute approximate surface area is 140 Å². The summed E-state index contributed by atoms with van der Waals surface area (Å²) in [5, 5.41) is 8.11. The maximum atomic E-state index is 11.7. The fraction of sp³-hybridized carbons (Fsp3) is 0.375. The lowest BCUT2D eigenvalue weighted by molar-refractivity contribution is 0.0926. The Bertz CT molecular complexity index is 608. The van der Waals surface area contributed by atoms with E-state index in [0.29, 0.717) is 18.8 Å². The van der Waals surface area contributed by atoms with Gasteiger partial charge in [-0.2, -0.15) is 0 Å². The molecule has 124 valence electrons. The second kappa shape index (κ2) is 8.99. The van der Waals surface area contributed by atoms with Crippen LogP contribution in [0.25, 0.3) is 0 Å². The number of aliphatic imine (C=N–C) groups is 1. The van der Waals surface area contributed by atoms with Crippen LogP contribution in [0.2, 0.25) is 0 Å². The van der Waals surface area contributed by atoms with Crippen LogP contribution in [-0.4, -0.2) is 50.5 Å². The molecule has 7 heteroatoms. The van der Waals surface area contributed by atoms with Gasteiger partial charge in [-0.3, -0.25) is 9.79 Å². The fourth-order valence-corrected chi connectivity index (χ4v) is 2.77. The molecule has 6 nitrogen and oxygen atoms in total. The Morgan fingerprint density at radius 2 is 2.13 bits per heavy atom. The molecule has 0 saturated heterocycles. The van der Waals surface area contributed by atoms with E-state index in [-0.39, 0.29) is 5.91 Å². The minimum atomic E-state index is -0.210. The van der Waals surface area contributed by atoms with Crippen molar-refractivity contribution in [3.63, 3.8) is 0 Å². The normalized spacial score (nSPS) is 11.3. The lowest BCUT2D eigenvalue weighted by Crippen LogP contribution is -2.43. The van der Waals surface area contributed by atoms with Gasteiger partial charge in [0.15, 0.2) is 11.7 Å². The summed E-state index contributed by atoms with van der Waals surface area (Å²) in [7, 11) is 3.76. The number of furan rings is 1. The summed E-state index contributed by atoms with van der Waals surface area (Å²) >= 11 is 1.76. The first-order chi connectivity index (χ1) is 11.2. The van der Waals surface area contributed by atoms with Gasteiger partial charge in [0.1, 0.15) is 0 Å². The molecule has 2 aromatic heterocycles. The van der Waals surface area contributed by atoms with Gasteiger partial charge in [-0.15, -0.1) is 11.3 Å². The highest BCUT2D eigenvalue weighted by Gasteiger charge is 2.08. The summed E-state index contributed by atoms with van der Waals surface area (Å²) in [5.41, 5.74) is 0. The van der Waals surface area contributed by atoms with Gasteiger partial charge < -0.3 is 20.0 Å². The molecular formula is C16H22N4O2S. The minimum absolute atomic E-state index is 0.210. The van der Waals surface area contributed by atoms with Gasteiger partial charge in [0.25, 0.3) is 5.91 Å². The topological polar surface area (TPSA) is 69.9 Å². The van der Waals surface area contributed by atoms with Gasteiger partial charge in [0, 0.05) is 38.6 Å². The number of guanidine groups is 1. The van der Waals surface area contributed by atoms with Crippen molar-refractivity contribution in [3.05, 3.63) is 46.5 Å². The van der Waals surface area contributed by atoms with Crippen molar-refractivity contribution in [2.24, 2.45) is 4.99 Å². The number of rotatable bonds is 7. The Kier molecular flexibility index (Phi) is 6.68. The number of amides is 1. The third-order valence-electron chi connectivity index (χ3n) is 3.29. The molecule has 0 aliphatic heterocycles. The quantitative estimate of drug-likeness (QED) is 0.460. The summed E-state index contributed by atoms with van der Waals surface area (Å²) in [5.74, 6) is 0.925. The van der Waals surface area contributed by atoms with Crippen LogP contribution in [0.4, 0.5) is 0 Å². The minimum Gasteiger partial charge on any atom is -0.459 e. The van der Waals surface area contributed by atoms with Crippen molar-refractivity contribution >= 4 is 23.2 Å². The van der Waals surface area contributed by atoms with Crippen molar-refractivity contribution in [1.29, 1.82) is 0 Å². The van der Waals surface area contributed by atoms with Crippen LogP contribution >= 0.6 is 11.3 Å². The van der Waals surface area contributed by atoms with Crippen LogP contribution in [0.1, 0.15) is 15.4 Å². The Balaban J connectivity index is 1.67. The Hall–Kier alpha value is -2.28. The molecule has 0 aliphatic carbocycles. The van der Waals surface area contributed by atoms with Crippen molar-refractivity contribution in [3.8, 4) is 0 Å². The molecule has 0 atom stereocenters. The molecule has 0 bridgehead atoms. The van der Waals surface area contributed by atoms with Crippen LogP contribution in [0.5, 0.6) is 0 Å². The van der Waals surface area contributed by atoms with E-state index in [1.165, 1.54) is 11.1 Å². The van der Waals surface area contributed by atoms with Gasteiger partial charge in [-0.1, -0.05) is 6.07 Å². The van der Waals surface area contributed by atoms with E-state index in [1.807, 2.05) is 7.05 Å². The molecule has 2 heterocycles. The van der Waals surface area contributed by atoms with E-state index in [0.717, 1.165) is 18.9 Å². The molecule has 1 amide bonds. The van der Waals surface area contributed by atoms with Crippen LogP contribution in [0.3, 0.4) is 0 Å². The standard InChI is InChI=1S/C16H22N4O2S/c1-17-16(20(2)10-7-13-5-4-12-23-13)19-9-8-18-15(21)14-6-3-11-22-14/h3-6,11-12H,7-10H2,1-2H3,(H,17,19)(H,18,21).